The molecule has 0 saturated heterocycles. The molecule has 1 heterocycles. The predicted molar refractivity (Wildman–Crippen MR) is 100 cm³/mol. The van der Waals surface area contributed by atoms with Gasteiger partial charge in [-0.15, -0.1) is 24.0 Å². The van der Waals surface area contributed by atoms with Gasteiger partial charge in [0, 0.05) is 26.8 Å². The van der Waals surface area contributed by atoms with Crippen LogP contribution in [0.1, 0.15) is 19.5 Å². The van der Waals surface area contributed by atoms with Gasteiger partial charge < -0.3 is 15.5 Å². The van der Waals surface area contributed by atoms with Crippen LogP contribution in [-0.4, -0.2) is 48.9 Å². The zero-order chi connectivity index (χ0) is 15.7. The molecule has 0 atom stereocenters. The molecular weight excluding hydrogens is 393 g/mol. The smallest absolute Gasteiger partial charge is 0.241 e. The van der Waals surface area contributed by atoms with E-state index in [1.807, 2.05) is 18.2 Å². The van der Waals surface area contributed by atoms with E-state index < -0.39 is 0 Å². The van der Waals surface area contributed by atoms with E-state index in [0.717, 1.165) is 12.2 Å². The van der Waals surface area contributed by atoms with Gasteiger partial charge in [0.1, 0.15) is 0 Å². The van der Waals surface area contributed by atoms with Crippen LogP contribution >= 0.6 is 24.0 Å². The average Bonchev–Trinajstić information content (AvgIpc) is 2.46. The molecule has 1 aromatic rings. The third kappa shape index (κ3) is 8.81. The summed E-state index contributed by atoms with van der Waals surface area (Å²) in [6.07, 6.45) is 1.75. The van der Waals surface area contributed by atoms with Crippen LogP contribution < -0.4 is 10.6 Å². The first-order valence-electron chi connectivity index (χ1n) is 7.11. The van der Waals surface area contributed by atoms with Crippen LogP contribution in [0, 0.1) is 5.92 Å². The number of nitrogens with one attached hydrogen (secondary N) is 2. The number of aromatic nitrogens is 1. The van der Waals surface area contributed by atoms with Gasteiger partial charge >= 0.3 is 0 Å². The summed E-state index contributed by atoms with van der Waals surface area (Å²) >= 11 is 0. The number of likely N-dealkylation sites (N-methyl/N-ethyl adjacent to an activating group) is 1. The Balaban J connectivity index is 0.00000441. The maximum atomic E-state index is 11.6. The first-order chi connectivity index (χ1) is 9.99. The minimum Gasteiger partial charge on any atom is -0.356 e. The van der Waals surface area contributed by atoms with Gasteiger partial charge in [-0.3, -0.25) is 9.78 Å². The van der Waals surface area contributed by atoms with E-state index in [9.17, 15) is 4.79 Å². The van der Waals surface area contributed by atoms with Crippen molar-refractivity contribution in [3.8, 4) is 0 Å². The highest BCUT2D eigenvalue weighted by atomic mass is 127. The summed E-state index contributed by atoms with van der Waals surface area (Å²) in [6, 6.07) is 5.73. The SMILES string of the molecule is CC(C)CNC(=NCc1ccccn1)NCC(=O)N(C)C.I. The van der Waals surface area contributed by atoms with Crippen molar-refractivity contribution in [1.82, 2.24) is 20.5 Å². The molecule has 1 amide bonds. The third-order valence-electron chi connectivity index (χ3n) is 2.71. The Bertz CT molecular complexity index is 462. The lowest BCUT2D eigenvalue weighted by Crippen LogP contribution is -2.44. The van der Waals surface area contributed by atoms with Crippen LogP contribution in [0.4, 0.5) is 0 Å². The normalized spacial score (nSPS) is 10.9. The van der Waals surface area contributed by atoms with Crippen LogP contribution in [-0.2, 0) is 11.3 Å². The van der Waals surface area contributed by atoms with Crippen LogP contribution in [0.25, 0.3) is 0 Å². The molecule has 0 aliphatic heterocycles. The zero-order valence-electron chi connectivity index (χ0n) is 13.7. The van der Waals surface area contributed by atoms with Crippen LogP contribution in [0.5, 0.6) is 0 Å². The summed E-state index contributed by atoms with van der Waals surface area (Å²) in [5.74, 6) is 1.13. The van der Waals surface area contributed by atoms with Crippen molar-refractivity contribution in [2.24, 2.45) is 10.9 Å². The molecule has 124 valence electrons. The standard InChI is InChI=1S/C15H25N5O.HI/c1-12(2)9-17-15(19-11-14(21)20(3)4)18-10-13-7-5-6-8-16-13;/h5-8,12H,9-11H2,1-4H3,(H2,17,18,19);1H. The van der Waals surface area contributed by atoms with Crippen molar-refractivity contribution in [3.05, 3.63) is 30.1 Å². The third-order valence-corrected chi connectivity index (χ3v) is 2.71. The maximum absolute atomic E-state index is 11.6. The fourth-order valence-electron chi connectivity index (χ4n) is 1.44. The minimum absolute atomic E-state index is 0. The molecule has 1 rings (SSSR count). The summed E-state index contributed by atoms with van der Waals surface area (Å²) in [4.78, 5) is 21.9. The second kappa shape index (κ2) is 11.2. The molecule has 0 bridgehead atoms. The Labute approximate surface area is 149 Å². The van der Waals surface area contributed by atoms with Crippen molar-refractivity contribution in [2.45, 2.75) is 20.4 Å². The van der Waals surface area contributed by atoms with Crippen LogP contribution in [0.3, 0.4) is 0 Å². The van der Waals surface area contributed by atoms with Crippen LogP contribution in [0.15, 0.2) is 29.4 Å². The number of amides is 1. The molecular formula is C15H26IN5O. The van der Waals surface area contributed by atoms with E-state index in [2.05, 4.69) is 34.5 Å². The Hall–Kier alpha value is -1.38. The van der Waals surface area contributed by atoms with Gasteiger partial charge in [-0.2, -0.15) is 0 Å². The van der Waals surface area contributed by atoms with Gasteiger partial charge in [0.2, 0.25) is 5.91 Å². The molecule has 22 heavy (non-hydrogen) atoms. The Morgan fingerprint density at radius 3 is 2.59 bits per heavy atom. The maximum Gasteiger partial charge on any atom is 0.241 e. The van der Waals surface area contributed by atoms with Crippen molar-refractivity contribution in [3.63, 3.8) is 0 Å². The lowest BCUT2D eigenvalue weighted by atomic mass is 10.2. The van der Waals surface area contributed by atoms with Gasteiger partial charge in [-0.05, 0) is 18.1 Å². The Kier molecular flexibility index (Phi) is 10.5. The molecule has 0 aliphatic carbocycles. The first-order valence-corrected chi connectivity index (χ1v) is 7.11. The molecule has 0 aromatic carbocycles. The molecule has 2 N–H and O–H groups in total. The predicted octanol–water partition coefficient (Wildman–Crippen LogP) is 1.48. The second-order valence-corrected chi connectivity index (χ2v) is 5.40. The number of halogens is 1. The largest absolute Gasteiger partial charge is 0.356 e. The lowest BCUT2D eigenvalue weighted by molar-refractivity contribution is -0.127. The molecule has 7 heteroatoms. The average molecular weight is 419 g/mol. The molecule has 0 radical (unpaired) electrons. The number of nitrogens with zero attached hydrogens (tertiary/aromatic N) is 3. The Morgan fingerprint density at radius 1 is 1.32 bits per heavy atom. The van der Waals surface area contributed by atoms with Crippen molar-refractivity contribution in [1.29, 1.82) is 0 Å². The fourth-order valence-corrected chi connectivity index (χ4v) is 1.44. The van der Waals surface area contributed by atoms with Crippen molar-refractivity contribution >= 4 is 35.8 Å². The number of hydrogen-bond donors (Lipinski definition) is 2. The number of aliphatic imine (C=N–C) groups is 1. The number of hydrogen-bond acceptors (Lipinski definition) is 3. The second-order valence-electron chi connectivity index (χ2n) is 5.40. The van der Waals surface area contributed by atoms with E-state index >= 15 is 0 Å². The fraction of sp³-hybridized carbons (Fsp3) is 0.533. The van der Waals surface area contributed by atoms with E-state index in [4.69, 9.17) is 0 Å². The highest BCUT2D eigenvalue weighted by Crippen LogP contribution is 1.95. The summed E-state index contributed by atoms with van der Waals surface area (Å²) in [7, 11) is 3.46. The topological polar surface area (TPSA) is 69.6 Å². The van der Waals surface area contributed by atoms with Gasteiger partial charge in [-0.25, -0.2) is 4.99 Å². The van der Waals surface area contributed by atoms with Gasteiger partial charge in [0.15, 0.2) is 5.96 Å². The van der Waals surface area contributed by atoms with E-state index in [1.165, 1.54) is 0 Å². The Morgan fingerprint density at radius 2 is 2.05 bits per heavy atom. The molecule has 0 fully saturated rings. The molecule has 0 spiro atoms. The molecule has 0 saturated carbocycles. The van der Waals surface area contributed by atoms with E-state index in [0.29, 0.717) is 18.4 Å². The van der Waals surface area contributed by atoms with Crippen molar-refractivity contribution < 1.29 is 4.79 Å². The highest BCUT2D eigenvalue weighted by molar-refractivity contribution is 14.0. The van der Waals surface area contributed by atoms with Crippen molar-refractivity contribution in [2.75, 3.05) is 27.2 Å². The summed E-state index contributed by atoms with van der Waals surface area (Å²) < 4.78 is 0. The highest BCUT2D eigenvalue weighted by Gasteiger charge is 2.06. The summed E-state index contributed by atoms with van der Waals surface area (Å²) in [6.45, 7) is 5.73. The summed E-state index contributed by atoms with van der Waals surface area (Å²) in [5.41, 5.74) is 0.891. The molecule has 1 aromatic heterocycles. The lowest BCUT2D eigenvalue weighted by Gasteiger charge is -2.15. The van der Waals surface area contributed by atoms with Gasteiger partial charge in [-0.1, -0.05) is 19.9 Å². The molecule has 0 unspecified atom stereocenters. The number of guanidine groups is 1. The summed E-state index contributed by atoms with van der Waals surface area (Å²) in [5, 5.41) is 6.27. The van der Waals surface area contributed by atoms with E-state index in [1.54, 1.807) is 25.2 Å². The molecule has 6 nitrogen and oxygen atoms in total. The zero-order valence-corrected chi connectivity index (χ0v) is 16.0. The number of pyridine rings is 1. The quantitative estimate of drug-likeness (QED) is 0.417. The van der Waals surface area contributed by atoms with Gasteiger partial charge in [0.25, 0.3) is 0 Å². The van der Waals surface area contributed by atoms with Crippen LogP contribution in [0.2, 0.25) is 0 Å². The number of carbonyl (C=O) groups excluding carboxylic acids is 1. The number of carbonyl (C=O) groups is 1. The number of rotatable bonds is 6. The first kappa shape index (κ1) is 20.6. The molecule has 0 aliphatic rings. The minimum atomic E-state index is 0. The monoisotopic (exact) mass is 419 g/mol. The van der Waals surface area contributed by atoms with Gasteiger partial charge in [0.05, 0.1) is 18.8 Å². The van der Waals surface area contributed by atoms with E-state index in [-0.39, 0.29) is 36.4 Å².